The van der Waals surface area contributed by atoms with E-state index in [1.807, 2.05) is 67.7 Å². The molecule has 2 aromatic heterocycles. The molecule has 0 atom stereocenters. The van der Waals surface area contributed by atoms with Crippen molar-refractivity contribution in [3.05, 3.63) is 94.7 Å². The topological polar surface area (TPSA) is 101 Å². The van der Waals surface area contributed by atoms with Gasteiger partial charge in [-0.15, -0.1) is 0 Å². The van der Waals surface area contributed by atoms with Crippen molar-refractivity contribution in [3.8, 4) is 16.8 Å². The zero-order valence-electron chi connectivity index (χ0n) is 16.3. The molecule has 0 radical (unpaired) electrons. The summed E-state index contributed by atoms with van der Waals surface area (Å²) in [5.41, 5.74) is 11.6. The fraction of sp³-hybridized carbons (Fsp3) is 0.0417. The van der Waals surface area contributed by atoms with Crippen molar-refractivity contribution in [3.63, 3.8) is 0 Å². The Morgan fingerprint density at radius 1 is 1.00 bits per heavy atom. The first kappa shape index (κ1) is 17.9. The summed E-state index contributed by atoms with van der Waals surface area (Å²) in [5, 5.41) is 9.39. The molecule has 0 bridgehead atoms. The van der Waals surface area contributed by atoms with E-state index in [0.717, 1.165) is 33.3 Å². The molecule has 30 heavy (non-hydrogen) atoms. The number of nitrogens with zero attached hydrogens (tertiary/aromatic N) is 2. The third-order valence-corrected chi connectivity index (χ3v) is 5.53. The molecule has 6 heteroatoms. The quantitative estimate of drug-likeness (QED) is 0.317. The Morgan fingerprint density at radius 3 is 2.67 bits per heavy atom. The Morgan fingerprint density at radius 2 is 1.83 bits per heavy atom. The number of aromatic amines is 1. The van der Waals surface area contributed by atoms with Crippen molar-refractivity contribution >= 4 is 27.6 Å². The van der Waals surface area contributed by atoms with Crippen LogP contribution >= 0.6 is 0 Å². The molecule has 0 saturated carbocycles. The van der Waals surface area contributed by atoms with Crippen molar-refractivity contribution < 1.29 is 0 Å². The number of rotatable bonds is 3. The van der Waals surface area contributed by atoms with E-state index in [9.17, 15) is 4.79 Å². The van der Waals surface area contributed by atoms with Gasteiger partial charge in [-0.3, -0.25) is 14.8 Å². The number of H-pyrrole nitrogens is 1. The zero-order chi connectivity index (χ0) is 20.8. The summed E-state index contributed by atoms with van der Waals surface area (Å²) in [6.45, 7) is 2.00. The predicted octanol–water partition coefficient (Wildman–Crippen LogP) is 4.13. The molecule has 0 aliphatic heterocycles. The lowest BCUT2D eigenvalue weighted by Crippen LogP contribution is -2.19. The minimum atomic E-state index is -0.0976. The van der Waals surface area contributed by atoms with Gasteiger partial charge in [0, 0.05) is 17.1 Å². The van der Waals surface area contributed by atoms with Crippen LogP contribution in [0.5, 0.6) is 0 Å². The van der Waals surface area contributed by atoms with Gasteiger partial charge in [0.25, 0.3) is 5.56 Å². The first-order valence-electron chi connectivity index (χ1n) is 9.57. The Labute approximate surface area is 172 Å². The summed E-state index contributed by atoms with van der Waals surface area (Å²) in [7, 11) is 0. The highest BCUT2D eigenvalue weighted by molar-refractivity contribution is 6.10. The largest absolute Gasteiger partial charge is 0.384 e. The Balaban J connectivity index is 1.75. The van der Waals surface area contributed by atoms with E-state index >= 15 is 0 Å². The summed E-state index contributed by atoms with van der Waals surface area (Å²) in [6.07, 6.45) is 3.43. The van der Waals surface area contributed by atoms with Gasteiger partial charge in [0.15, 0.2) is 0 Å². The number of benzene rings is 3. The van der Waals surface area contributed by atoms with Crippen LogP contribution in [-0.2, 0) is 0 Å². The van der Waals surface area contributed by atoms with Crippen LogP contribution in [0.25, 0.3) is 38.6 Å². The first-order chi connectivity index (χ1) is 14.6. The van der Waals surface area contributed by atoms with Crippen LogP contribution in [0.4, 0.5) is 0 Å². The molecule has 5 rings (SSSR count). The minimum absolute atomic E-state index is 0.0215. The number of nitrogen functional groups attached to an aromatic ring is 1. The molecular formula is C24H19N5O. The highest BCUT2D eigenvalue weighted by atomic mass is 16.1. The van der Waals surface area contributed by atoms with Crippen molar-refractivity contribution in [2.24, 2.45) is 5.73 Å². The molecule has 2 heterocycles. The van der Waals surface area contributed by atoms with E-state index in [4.69, 9.17) is 11.1 Å². The number of hydrogen-bond acceptors (Lipinski definition) is 3. The standard InChI is InChI=1S/C24H19N5O/c1-14-15(16-9-10-19(23(25)26)22-17(16)11-12-27-22)6-4-8-21(14)29-13-28-20-7-3-2-5-18(20)24(29)30/h2-13,27H,1H3,(H3,25,26). The third kappa shape index (κ3) is 2.62. The van der Waals surface area contributed by atoms with Crippen LogP contribution in [0, 0.1) is 12.3 Å². The first-order valence-corrected chi connectivity index (χ1v) is 9.57. The van der Waals surface area contributed by atoms with Crippen molar-refractivity contribution in [2.45, 2.75) is 6.92 Å². The molecule has 0 aliphatic carbocycles. The van der Waals surface area contributed by atoms with Crippen LogP contribution < -0.4 is 11.3 Å². The van der Waals surface area contributed by atoms with Gasteiger partial charge in [-0.2, -0.15) is 0 Å². The summed E-state index contributed by atoms with van der Waals surface area (Å²) < 4.78 is 1.60. The summed E-state index contributed by atoms with van der Waals surface area (Å²) >= 11 is 0. The Bertz CT molecular complexity index is 1510. The van der Waals surface area contributed by atoms with Gasteiger partial charge in [-0.05, 0) is 53.9 Å². The summed E-state index contributed by atoms with van der Waals surface area (Å²) in [6, 6.07) is 19.1. The number of hydrogen-bond donors (Lipinski definition) is 3. The van der Waals surface area contributed by atoms with E-state index < -0.39 is 0 Å². The van der Waals surface area contributed by atoms with E-state index in [1.165, 1.54) is 0 Å². The second kappa shape index (κ2) is 6.70. The highest BCUT2D eigenvalue weighted by Crippen LogP contribution is 2.34. The SMILES string of the molecule is Cc1c(-c2ccc(C(=N)N)c3[nH]ccc23)cccc1-n1cnc2ccccc2c1=O. The van der Waals surface area contributed by atoms with Gasteiger partial charge >= 0.3 is 0 Å². The molecule has 4 N–H and O–H groups in total. The Hall–Kier alpha value is -4.19. The fourth-order valence-corrected chi connectivity index (χ4v) is 4.03. The number of aromatic nitrogens is 3. The van der Waals surface area contributed by atoms with Crippen molar-refractivity contribution in [1.82, 2.24) is 14.5 Å². The van der Waals surface area contributed by atoms with Gasteiger partial charge in [0.1, 0.15) is 12.2 Å². The molecule has 0 spiro atoms. The number of fused-ring (bicyclic) bond motifs is 2. The maximum Gasteiger partial charge on any atom is 0.265 e. The van der Waals surface area contributed by atoms with Crippen LogP contribution in [0.15, 0.2) is 78.0 Å². The third-order valence-electron chi connectivity index (χ3n) is 5.53. The Kier molecular flexibility index (Phi) is 3.99. The average molecular weight is 393 g/mol. The van der Waals surface area contributed by atoms with Crippen LogP contribution in [0.1, 0.15) is 11.1 Å². The molecule has 5 aromatic rings. The molecule has 0 amide bonds. The van der Waals surface area contributed by atoms with Gasteiger partial charge in [-0.25, -0.2) is 4.98 Å². The molecule has 0 saturated heterocycles. The number of para-hydroxylation sites is 1. The summed E-state index contributed by atoms with van der Waals surface area (Å²) in [4.78, 5) is 20.7. The van der Waals surface area contributed by atoms with Crippen LogP contribution in [0.2, 0.25) is 0 Å². The number of nitrogens with two attached hydrogens (primary N) is 1. The lowest BCUT2D eigenvalue weighted by atomic mass is 9.94. The maximum atomic E-state index is 13.1. The minimum Gasteiger partial charge on any atom is -0.384 e. The molecule has 3 aromatic carbocycles. The molecule has 0 fully saturated rings. The molecular weight excluding hydrogens is 374 g/mol. The average Bonchev–Trinajstić information content (AvgIpc) is 3.24. The van der Waals surface area contributed by atoms with E-state index in [2.05, 4.69) is 9.97 Å². The van der Waals surface area contributed by atoms with E-state index in [1.54, 1.807) is 17.0 Å². The lowest BCUT2D eigenvalue weighted by molar-refractivity contribution is 0.953. The lowest BCUT2D eigenvalue weighted by Gasteiger charge is -2.15. The smallest absolute Gasteiger partial charge is 0.265 e. The van der Waals surface area contributed by atoms with Crippen molar-refractivity contribution in [2.75, 3.05) is 0 Å². The zero-order valence-corrected chi connectivity index (χ0v) is 16.3. The molecule has 0 unspecified atom stereocenters. The van der Waals surface area contributed by atoms with Gasteiger partial charge in [-0.1, -0.05) is 30.3 Å². The maximum absolute atomic E-state index is 13.1. The van der Waals surface area contributed by atoms with E-state index in [0.29, 0.717) is 16.5 Å². The highest BCUT2D eigenvalue weighted by Gasteiger charge is 2.15. The number of nitrogens with one attached hydrogen (secondary N) is 2. The van der Waals surface area contributed by atoms with Crippen molar-refractivity contribution in [1.29, 1.82) is 5.41 Å². The van der Waals surface area contributed by atoms with Gasteiger partial charge < -0.3 is 10.7 Å². The second-order valence-corrected chi connectivity index (χ2v) is 7.23. The van der Waals surface area contributed by atoms with Gasteiger partial charge in [0.2, 0.25) is 0 Å². The number of amidine groups is 1. The van der Waals surface area contributed by atoms with Crippen LogP contribution in [0.3, 0.4) is 0 Å². The van der Waals surface area contributed by atoms with Crippen LogP contribution in [-0.4, -0.2) is 20.4 Å². The molecule has 146 valence electrons. The second-order valence-electron chi connectivity index (χ2n) is 7.23. The predicted molar refractivity (Wildman–Crippen MR) is 120 cm³/mol. The van der Waals surface area contributed by atoms with E-state index in [-0.39, 0.29) is 11.4 Å². The van der Waals surface area contributed by atoms with Gasteiger partial charge in [0.05, 0.1) is 22.1 Å². The fourth-order valence-electron chi connectivity index (χ4n) is 4.03. The normalized spacial score (nSPS) is 11.2. The molecule has 0 aliphatic rings. The summed E-state index contributed by atoms with van der Waals surface area (Å²) in [5.74, 6) is 0.0215. The monoisotopic (exact) mass is 393 g/mol. The molecule has 6 nitrogen and oxygen atoms in total.